The van der Waals surface area contributed by atoms with Gasteiger partial charge in [0.05, 0.1) is 11.6 Å². The second kappa shape index (κ2) is 5.07. The van der Waals surface area contributed by atoms with Gasteiger partial charge >= 0.3 is 0 Å². The van der Waals surface area contributed by atoms with Crippen molar-refractivity contribution in [1.29, 1.82) is 5.26 Å². The molecule has 0 bridgehead atoms. The van der Waals surface area contributed by atoms with Gasteiger partial charge in [-0.1, -0.05) is 12.1 Å². The first-order chi connectivity index (χ1) is 9.76. The van der Waals surface area contributed by atoms with Gasteiger partial charge in [0.1, 0.15) is 6.33 Å². The Morgan fingerprint density at radius 3 is 2.85 bits per heavy atom. The first kappa shape index (κ1) is 12.3. The van der Waals surface area contributed by atoms with Gasteiger partial charge in [-0.05, 0) is 23.7 Å². The first-order valence-corrected chi connectivity index (χ1v) is 6.04. The summed E-state index contributed by atoms with van der Waals surface area (Å²) >= 11 is 5.93. The van der Waals surface area contributed by atoms with Gasteiger partial charge < -0.3 is 0 Å². The topological polar surface area (TPSA) is 80.3 Å². The van der Waals surface area contributed by atoms with Crippen molar-refractivity contribution in [3.63, 3.8) is 0 Å². The van der Waals surface area contributed by atoms with Gasteiger partial charge in [-0.3, -0.25) is 4.57 Å². The van der Waals surface area contributed by atoms with Crippen LogP contribution in [0.4, 0.5) is 0 Å². The Balaban J connectivity index is 2.12. The minimum absolute atomic E-state index is 0.0843. The molecule has 7 heteroatoms. The number of aromatic nitrogens is 5. The van der Waals surface area contributed by atoms with Crippen molar-refractivity contribution in [2.45, 2.75) is 0 Å². The smallest absolute Gasteiger partial charge is 0.239 e. The van der Waals surface area contributed by atoms with Gasteiger partial charge in [-0.2, -0.15) is 20.2 Å². The number of halogens is 1. The summed E-state index contributed by atoms with van der Waals surface area (Å²) in [6.45, 7) is 0. The maximum absolute atomic E-state index is 8.93. The fourth-order valence-corrected chi connectivity index (χ4v) is 1.85. The molecule has 0 amide bonds. The van der Waals surface area contributed by atoms with E-state index in [-0.39, 0.29) is 5.28 Å². The molecule has 2 aromatic heterocycles. The number of nitriles is 1. The molecule has 0 aliphatic heterocycles. The molecule has 0 fully saturated rings. The van der Waals surface area contributed by atoms with E-state index in [1.165, 1.54) is 0 Å². The van der Waals surface area contributed by atoms with Crippen LogP contribution in [0.15, 0.2) is 43.0 Å². The number of benzene rings is 1. The lowest BCUT2D eigenvalue weighted by Gasteiger charge is -2.04. The van der Waals surface area contributed by atoms with Crippen LogP contribution in [0.5, 0.6) is 0 Å². The van der Waals surface area contributed by atoms with Crippen LogP contribution in [0, 0.1) is 11.3 Å². The Labute approximate surface area is 119 Å². The quantitative estimate of drug-likeness (QED) is 0.720. The third kappa shape index (κ3) is 2.35. The minimum Gasteiger partial charge on any atom is -0.274 e. The van der Waals surface area contributed by atoms with Crippen LogP contribution in [0.1, 0.15) is 5.56 Å². The Bertz CT molecular complexity index is 791. The molecule has 96 valence electrons. The molecule has 0 saturated heterocycles. The van der Waals surface area contributed by atoms with Crippen molar-refractivity contribution >= 4 is 11.6 Å². The third-order valence-corrected chi connectivity index (χ3v) is 2.75. The van der Waals surface area contributed by atoms with E-state index >= 15 is 0 Å². The number of hydrogen-bond donors (Lipinski definition) is 0. The zero-order chi connectivity index (χ0) is 13.9. The molecule has 3 aromatic rings. The van der Waals surface area contributed by atoms with Crippen LogP contribution in [0.25, 0.3) is 17.3 Å². The molecular weight excluding hydrogens is 276 g/mol. The van der Waals surface area contributed by atoms with Crippen molar-refractivity contribution in [2.24, 2.45) is 0 Å². The van der Waals surface area contributed by atoms with E-state index in [1.54, 1.807) is 41.5 Å². The van der Waals surface area contributed by atoms with Crippen molar-refractivity contribution in [2.75, 3.05) is 0 Å². The normalized spacial score (nSPS) is 10.2. The van der Waals surface area contributed by atoms with Crippen LogP contribution in [0.2, 0.25) is 5.28 Å². The fourth-order valence-electron chi connectivity index (χ4n) is 1.69. The van der Waals surface area contributed by atoms with E-state index in [4.69, 9.17) is 16.9 Å². The molecule has 0 atom stereocenters. The summed E-state index contributed by atoms with van der Waals surface area (Å²) in [4.78, 5) is 16.4. The zero-order valence-electron chi connectivity index (χ0n) is 10.1. The summed E-state index contributed by atoms with van der Waals surface area (Å²) in [6, 6.07) is 9.06. The van der Waals surface area contributed by atoms with Crippen LogP contribution in [-0.4, -0.2) is 24.5 Å². The number of nitrogens with zero attached hydrogens (tertiary/aromatic N) is 6. The van der Waals surface area contributed by atoms with Gasteiger partial charge in [0.25, 0.3) is 0 Å². The molecular formula is C13H7ClN6. The Hall–Kier alpha value is -2.78. The summed E-state index contributed by atoms with van der Waals surface area (Å²) in [5.74, 6) is 0.783. The number of hydrogen-bond acceptors (Lipinski definition) is 5. The van der Waals surface area contributed by atoms with Crippen LogP contribution < -0.4 is 0 Å². The molecule has 0 spiro atoms. The highest BCUT2D eigenvalue weighted by molar-refractivity contribution is 6.28. The summed E-state index contributed by atoms with van der Waals surface area (Å²) in [6.07, 6.45) is 4.90. The predicted molar refractivity (Wildman–Crippen MR) is 72.1 cm³/mol. The van der Waals surface area contributed by atoms with Gasteiger partial charge in [0.2, 0.25) is 11.2 Å². The molecule has 20 heavy (non-hydrogen) atoms. The molecule has 3 rings (SSSR count). The van der Waals surface area contributed by atoms with Crippen molar-refractivity contribution in [3.8, 4) is 23.4 Å². The summed E-state index contributed by atoms with van der Waals surface area (Å²) in [7, 11) is 0. The van der Waals surface area contributed by atoms with Crippen molar-refractivity contribution < 1.29 is 0 Å². The van der Waals surface area contributed by atoms with E-state index in [2.05, 4.69) is 26.0 Å². The van der Waals surface area contributed by atoms with E-state index in [0.717, 1.165) is 0 Å². The monoisotopic (exact) mass is 282 g/mol. The predicted octanol–water partition coefficient (Wildman–Crippen LogP) is 2.25. The lowest BCUT2D eigenvalue weighted by molar-refractivity contribution is 0.899. The van der Waals surface area contributed by atoms with Crippen molar-refractivity contribution in [1.82, 2.24) is 24.5 Å². The van der Waals surface area contributed by atoms with E-state index in [0.29, 0.717) is 22.9 Å². The molecule has 0 aliphatic carbocycles. The minimum atomic E-state index is 0.0843. The Morgan fingerprint density at radius 1 is 1.20 bits per heavy atom. The molecule has 0 aliphatic rings. The Morgan fingerprint density at radius 2 is 2.10 bits per heavy atom. The maximum Gasteiger partial charge on any atom is 0.239 e. The second-order valence-corrected chi connectivity index (χ2v) is 4.23. The zero-order valence-corrected chi connectivity index (χ0v) is 10.9. The SMILES string of the molecule is N#Cc1cccc(-c2nc(Cl)nc(-n3ccnc3)n2)c1. The Kier molecular flexibility index (Phi) is 3.11. The van der Waals surface area contributed by atoms with Gasteiger partial charge in [0, 0.05) is 18.0 Å². The fraction of sp³-hybridized carbons (Fsp3) is 0. The van der Waals surface area contributed by atoms with E-state index < -0.39 is 0 Å². The van der Waals surface area contributed by atoms with Gasteiger partial charge in [-0.25, -0.2) is 4.98 Å². The molecule has 0 radical (unpaired) electrons. The molecule has 0 N–H and O–H groups in total. The summed E-state index contributed by atoms with van der Waals surface area (Å²) < 4.78 is 1.63. The lowest BCUT2D eigenvalue weighted by Crippen LogP contribution is -2.03. The van der Waals surface area contributed by atoms with E-state index in [9.17, 15) is 0 Å². The number of imidazole rings is 1. The highest BCUT2D eigenvalue weighted by Gasteiger charge is 2.09. The van der Waals surface area contributed by atoms with Crippen LogP contribution in [0.3, 0.4) is 0 Å². The molecule has 0 unspecified atom stereocenters. The molecule has 0 saturated carbocycles. The second-order valence-electron chi connectivity index (χ2n) is 3.89. The maximum atomic E-state index is 8.93. The highest BCUT2D eigenvalue weighted by atomic mass is 35.5. The van der Waals surface area contributed by atoms with Crippen LogP contribution >= 0.6 is 11.6 Å². The standard InChI is InChI=1S/C13H7ClN6/c14-12-17-11(10-3-1-2-9(6-10)7-15)18-13(19-12)20-5-4-16-8-20/h1-6,8H. The summed E-state index contributed by atoms with van der Waals surface area (Å²) in [5, 5.41) is 9.01. The van der Waals surface area contributed by atoms with Gasteiger partial charge in [0.15, 0.2) is 5.82 Å². The van der Waals surface area contributed by atoms with Crippen molar-refractivity contribution in [3.05, 3.63) is 53.8 Å². The first-order valence-electron chi connectivity index (χ1n) is 5.67. The number of rotatable bonds is 2. The van der Waals surface area contributed by atoms with Gasteiger partial charge in [-0.15, -0.1) is 0 Å². The molecule has 6 nitrogen and oxygen atoms in total. The average Bonchev–Trinajstić information content (AvgIpc) is 3.01. The highest BCUT2D eigenvalue weighted by Crippen LogP contribution is 2.18. The molecule has 2 heterocycles. The van der Waals surface area contributed by atoms with Crippen LogP contribution in [-0.2, 0) is 0 Å². The third-order valence-electron chi connectivity index (χ3n) is 2.58. The average molecular weight is 283 g/mol. The largest absolute Gasteiger partial charge is 0.274 e. The summed E-state index contributed by atoms with van der Waals surface area (Å²) in [5.41, 5.74) is 1.23. The van der Waals surface area contributed by atoms with E-state index in [1.807, 2.05) is 6.07 Å². The lowest BCUT2D eigenvalue weighted by atomic mass is 10.1. The molecule has 1 aromatic carbocycles.